The fourth-order valence-electron chi connectivity index (χ4n) is 1.99. The molecule has 1 amide bonds. The van der Waals surface area contributed by atoms with Crippen LogP contribution in [-0.4, -0.2) is 18.4 Å². The van der Waals surface area contributed by atoms with E-state index in [-0.39, 0.29) is 12.7 Å². The van der Waals surface area contributed by atoms with Crippen molar-refractivity contribution in [3.05, 3.63) is 58.1 Å². The minimum Gasteiger partial charge on any atom is -0.454 e. The fraction of sp³-hybridized carbons (Fsp3) is 0.125. The molecule has 0 aromatic heterocycles. The molecule has 5 nitrogen and oxygen atoms in total. The van der Waals surface area contributed by atoms with E-state index in [1.165, 1.54) is 0 Å². The molecule has 0 fully saturated rings. The molecule has 3 rings (SSSR count). The van der Waals surface area contributed by atoms with Gasteiger partial charge in [0.05, 0.1) is 5.71 Å². The van der Waals surface area contributed by atoms with Gasteiger partial charge in [-0.1, -0.05) is 15.9 Å². The number of nitrogens with one attached hydrogen (secondary N) is 1. The summed E-state index contributed by atoms with van der Waals surface area (Å²) in [6.45, 7) is 2.05. The quantitative estimate of drug-likeness (QED) is 0.674. The standard InChI is InChI=1S/C16H13BrN2O3/c1-10(12-4-7-14-15(8-12)22-9-21-14)18-19-16(20)11-2-5-13(17)6-3-11/h2-8H,9H2,1H3,(H,19,20)/b18-10-. The van der Waals surface area contributed by atoms with E-state index in [1.807, 2.05) is 37.3 Å². The number of halogens is 1. The van der Waals surface area contributed by atoms with Gasteiger partial charge in [0.25, 0.3) is 5.91 Å². The topological polar surface area (TPSA) is 59.9 Å². The van der Waals surface area contributed by atoms with Crippen LogP contribution in [-0.2, 0) is 0 Å². The van der Waals surface area contributed by atoms with E-state index in [1.54, 1.807) is 12.1 Å². The van der Waals surface area contributed by atoms with E-state index < -0.39 is 0 Å². The Morgan fingerprint density at radius 3 is 2.55 bits per heavy atom. The highest BCUT2D eigenvalue weighted by molar-refractivity contribution is 9.10. The highest BCUT2D eigenvalue weighted by Gasteiger charge is 2.14. The van der Waals surface area contributed by atoms with Crippen LogP contribution in [0.1, 0.15) is 22.8 Å². The van der Waals surface area contributed by atoms with Gasteiger partial charge in [0.15, 0.2) is 11.5 Å². The molecule has 6 heteroatoms. The molecular formula is C16H13BrN2O3. The number of carbonyl (C=O) groups is 1. The molecule has 0 bridgehead atoms. The average Bonchev–Trinajstić information content (AvgIpc) is 3.00. The van der Waals surface area contributed by atoms with Crippen LogP contribution < -0.4 is 14.9 Å². The smallest absolute Gasteiger partial charge is 0.271 e. The van der Waals surface area contributed by atoms with Crippen LogP contribution in [0.2, 0.25) is 0 Å². The zero-order valence-electron chi connectivity index (χ0n) is 11.8. The first-order valence-electron chi connectivity index (χ1n) is 6.64. The Labute approximate surface area is 136 Å². The third-order valence-electron chi connectivity index (χ3n) is 3.22. The van der Waals surface area contributed by atoms with Crippen molar-refractivity contribution in [1.82, 2.24) is 5.43 Å². The Bertz CT molecular complexity index is 742. The van der Waals surface area contributed by atoms with Gasteiger partial charge in [-0.15, -0.1) is 0 Å². The summed E-state index contributed by atoms with van der Waals surface area (Å²) in [4.78, 5) is 12.0. The Morgan fingerprint density at radius 1 is 1.09 bits per heavy atom. The maximum Gasteiger partial charge on any atom is 0.271 e. The van der Waals surface area contributed by atoms with Crippen molar-refractivity contribution in [2.24, 2.45) is 5.10 Å². The summed E-state index contributed by atoms with van der Waals surface area (Å²) in [5, 5.41) is 4.13. The van der Waals surface area contributed by atoms with Crippen LogP contribution in [0.3, 0.4) is 0 Å². The van der Waals surface area contributed by atoms with Gasteiger partial charge >= 0.3 is 0 Å². The van der Waals surface area contributed by atoms with Crippen LogP contribution in [0.4, 0.5) is 0 Å². The maximum absolute atomic E-state index is 12.0. The average molecular weight is 361 g/mol. The van der Waals surface area contributed by atoms with Gasteiger partial charge < -0.3 is 9.47 Å². The van der Waals surface area contributed by atoms with Gasteiger partial charge in [-0.25, -0.2) is 5.43 Å². The summed E-state index contributed by atoms with van der Waals surface area (Å²) in [6.07, 6.45) is 0. The summed E-state index contributed by atoms with van der Waals surface area (Å²) in [7, 11) is 0. The van der Waals surface area contributed by atoms with E-state index in [0.717, 1.165) is 15.8 Å². The summed E-state index contributed by atoms with van der Waals surface area (Å²) < 4.78 is 11.5. The molecule has 22 heavy (non-hydrogen) atoms. The van der Waals surface area contributed by atoms with Crippen LogP contribution in [0, 0.1) is 0 Å². The minimum atomic E-state index is -0.257. The molecule has 1 N–H and O–H groups in total. The number of hydrogen-bond donors (Lipinski definition) is 1. The normalized spacial score (nSPS) is 13.1. The third-order valence-corrected chi connectivity index (χ3v) is 3.75. The van der Waals surface area contributed by atoms with Crippen LogP contribution in [0.25, 0.3) is 0 Å². The molecule has 1 heterocycles. The Balaban J connectivity index is 1.72. The molecule has 0 saturated carbocycles. The number of hydrazone groups is 1. The van der Waals surface area contributed by atoms with E-state index in [4.69, 9.17) is 9.47 Å². The van der Waals surface area contributed by atoms with Crippen LogP contribution in [0.5, 0.6) is 11.5 Å². The second-order valence-corrected chi connectivity index (χ2v) is 5.63. The summed E-state index contributed by atoms with van der Waals surface area (Å²) in [5.74, 6) is 1.15. The van der Waals surface area contributed by atoms with Gasteiger partial charge in [0.1, 0.15) is 0 Å². The number of hydrogen-bond acceptors (Lipinski definition) is 4. The Kier molecular flexibility index (Phi) is 4.11. The molecule has 1 aliphatic rings. The monoisotopic (exact) mass is 360 g/mol. The highest BCUT2D eigenvalue weighted by atomic mass is 79.9. The van der Waals surface area contributed by atoms with Gasteiger partial charge in [-0.3, -0.25) is 4.79 Å². The summed E-state index contributed by atoms with van der Waals surface area (Å²) in [6, 6.07) is 12.6. The van der Waals surface area contributed by atoms with Gasteiger partial charge in [-0.2, -0.15) is 5.10 Å². The minimum absolute atomic E-state index is 0.231. The van der Waals surface area contributed by atoms with Crippen molar-refractivity contribution in [3.8, 4) is 11.5 Å². The Hall–Kier alpha value is -2.34. The van der Waals surface area contributed by atoms with Crippen LogP contribution in [0.15, 0.2) is 52.0 Å². The third kappa shape index (κ3) is 3.12. The SMILES string of the molecule is C/C(=N/NC(=O)c1ccc(Br)cc1)c1ccc2c(c1)OCO2. The summed E-state index contributed by atoms with van der Waals surface area (Å²) >= 11 is 3.33. The number of amides is 1. The van der Waals surface area contributed by atoms with E-state index >= 15 is 0 Å². The zero-order chi connectivity index (χ0) is 15.5. The largest absolute Gasteiger partial charge is 0.454 e. The number of carbonyl (C=O) groups excluding carboxylic acids is 1. The molecule has 1 aliphatic heterocycles. The molecule has 0 spiro atoms. The van der Waals surface area contributed by atoms with Crippen molar-refractivity contribution in [2.45, 2.75) is 6.92 Å². The van der Waals surface area contributed by atoms with Crippen molar-refractivity contribution in [3.63, 3.8) is 0 Å². The Morgan fingerprint density at radius 2 is 1.77 bits per heavy atom. The molecular weight excluding hydrogens is 348 g/mol. The molecule has 2 aromatic carbocycles. The van der Waals surface area contributed by atoms with Crippen molar-refractivity contribution < 1.29 is 14.3 Å². The lowest BCUT2D eigenvalue weighted by Gasteiger charge is -2.04. The second kappa shape index (κ2) is 6.19. The van der Waals surface area contributed by atoms with E-state index in [2.05, 4.69) is 26.5 Å². The van der Waals surface area contributed by atoms with Crippen LogP contribution >= 0.6 is 15.9 Å². The first kappa shape index (κ1) is 14.6. The molecule has 0 aliphatic carbocycles. The maximum atomic E-state index is 12.0. The predicted octanol–water partition coefficient (Wildman–Crippen LogP) is 3.33. The number of rotatable bonds is 3. The molecule has 0 unspecified atom stereocenters. The molecule has 0 atom stereocenters. The molecule has 2 aromatic rings. The van der Waals surface area contributed by atoms with E-state index in [9.17, 15) is 4.79 Å². The first-order valence-corrected chi connectivity index (χ1v) is 7.43. The first-order chi connectivity index (χ1) is 10.6. The molecule has 0 radical (unpaired) electrons. The zero-order valence-corrected chi connectivity index (χ0v) is 13.4. The number of fused-ring (bicyclic) bond motifs is 1. The van der Waals surface area contributed by atoms with Gasteiger partial charge in [0.2, 0.25) is 6.79 Å². The van der Waals surface area contributed by atoms with Gasteiger partial charge in [-0.05, 0) is 49.4 Å². The number of ether oxygens (including phenoxy) is 2. The number of nitrogens with zero attached hydrogens (tertiary/aromatic N) is 1. The van der Waals surface area contributed by atoms with Gasteiger partial charge in [0, 0.05) is 15.6 Å². The van der Waals surface area contributed by atoms with Crippen molar-refractivity contribution in [1.29, 1.82) is 0 Å². The predicted molar refractivity (Wildman–Crippen MR) is 86.4 cm³/mol. The number of benzene rings is 2. The fourth-order valence-corrected chi connectivity index (χ4v) is 2.25. The molecule has 112 valence electrons. The lowest BCUT2D eigenvalue weighted by molar-refractivity contribution is 0.0955. The summed E-state index contributed by atoms with van der Waals surface area (Å²) in [5.41, 5.74) is 4.64. The lowest BCUT2D eigenvalue weighted by Crippen LogP contribution is -2.19. The second-order valence-electron chi connectivity index (χ2n) is 4.71. The van der Waals surface area contributed by atoms with Crippen molar-refractivity contribution in [2.75, 3.05) is 6.79 Å². The highest BCUT2D eigenvalue weighted by Crippen LogP contribution is 2.32. The van der Waals surface area contributed by atoms with E-state index in [0.29, 0.717) is 17.0 Å². The van der Waals surface area contributed by atoms with Crippen molar-refractivity contribution >= 4 is 27.5 Å². The molecule has 0 saturated heterocycles. The lowest BCUT2D eigenvalue weighted by atomic mass is 10.1.